The number of amides is 2. The highest BCUT2D eigenvalue weighted by Crippen LogP contribution is 2.34. The number of nitrogens with zero attached hydrogens (tertiary/aromatic N) is 1. The molecule has 1 heterocycles. The number of esters is 1. The van der Waals surface area contributed by atoms with Crippen molar-refractivity contribution >= 4 is 29.2 Å². The number of benzene rings is 2. The van der Waals surface area contributed by atoms with Gasteiger partial charge >= 0.3 is 5.97 Å². The summed E-state index contributed by atoms with van der Waals surface area (Å²) in [6, 6.07) is 18.0. The molecule has 0 bridgehead atoms. The molecule has 6 heteroatoms. The molecule has 2 amide bonds. The van der Waals surface area contributed by atoms with Gasteiger partial charge in [-0.1, -0.05) is 36.4 Å². The zero-order valence-electron chi connectivity index (χ0n) is 15.8. The quantitative estimate of drug-likeness (QED) is 0.808. The predicted molar refractivity (Wildman–Crippen MR) is 106 cm³/mol. The Kier molecular flexibility index (Phi) is 5.89. The van der Waals surface area contributed by atoms with E-state index >= 15 is 0 Å². The molecule has 144 valence electrons. The molecule has 0 fully saturated rings. The number of hydrogen-bond donors (Lipinski definition) is 1. The molecule has 0 spiro atoms. The van der Waals surface area contributed by atoms with Gasteiger partial charge in [0.15, 0.2) is 0 Å². The summed E-state index contributed by atoms with van der Waals surface area (Å²) in [5.41, 5.74) is 1.87. The first-order chi connectivity index (χ1) is 13.5. The van der Waals surface area contributed by atoms with Crippen molar-refractivity contribution in [2.45, 2.75) is 20.3 Å². The Labute approximate surface area is 163 Å². The zero-order chi connectivity index (χ0) is 20.1. The Hall–Kier alpha value is -3.41. The van der Waals surface area contributed by atoms with E-state index < -0.39 is 17.8 Å². The number of nitrogens with one attached hydrogen (secondary N) is 1. The Morgan fingerprint density at radius 1 is 1.07 bits per heavy atom. The van der Waals surface area contributed by atoms with Crippen molar-refractivity contribution in [1.29, 1.82) is 0 Å². The average molecular weight is 378 g/mol. The minimum Gasteiger partial charge on any atom is -0.463 e. The number of carbonyl (C=O) groups is 3. The first-order valence-electron chi connectivity index (χ1n) is 9.14. The van der Waals surface area contributed by atoms with Crippen LogP contribution < -0.4 is 10.2 Å². The van der Waals surface area contributed by atoms with Gasteiger partial charge in [-0.05, 0) is 38.1 Å². The summed E-state index contributed by atoms with van der Waals surface area (Å²) in [6.45, 7) is 3.55. The third-order valence-electron chi connectivity index (χ3n) is 4.57. The Balaban J connectivity index is 2.00. The SMILES string of the molecule is CCOC(=O)C1=C(C)N(c2ccccc2)C(=O)C[C@H]1C(=O)Nc1ccccc1. The number of rotatable bonds is 5. The van der Waals surface area contributed by atoms with Gasteiger partial charge < -0.3 is 10.1 Å². The normalized spacial score (nSPS) is 16.7. The first-order valence-corrected chi connectivity index (χ1v) is 9.14. The standard InChI is InChI=1S/C22H22N2O4/c1-3-28-22(27)20-15(2)24(17-12-8-5-9-13-17)19(25)14-18(20)21(26)23-16-10-6-4-7-11-16/h4-13,18H,3,14H2,1-2H3,(H,23,26)/t18-/m1/s1. The fourth-order valence-electron chi connectivity index (χ4n) is 3.32. The second kappa shape index (κ2) is 8.52. The molecule has 6 nitrogen and oxygen atoms in total. The highest BCUT2D eigenvalue weighted by atomic mass is 16.5. The maximum atomic E-state index is 12.9. The van der Waals surface area contributed by atoms with Gasteiger partial charge in [-0.2, -0.15) is 0 Å². The zero-order valence-corrected chi connectivity index (χ0v) is 15.8. The molecule has 0 aromatic heterocycles. The molecule has 2 aromatic rings. The van der Waals surface area contributed by atoms with Gasteiger partial charge in [0.2, 0.25) is 11.8 Å². The fourth-order valence-corrected chi connectivity index (χ4v) is 3.32. The summed E-state index contributed by atoms with van der Waals surface area (Å²) in [5.74, 6) is -2.15. The lowest BCUT2D eigenvalue weighted by molar-refractivity contribution is -0.141. The van der Waals surface area contributed by atoms with Gasteiger partial charge in [0, 0.05) is 23.5 Å². The van der Waals surface area contributed by atoms with Crippen LogP contribution in [0.3, 0.4) is 0 Å². The van der Waals surface area contributed by atoms with Crippen LogP contribution in [-0.2, 0) is 19.1 Å². The lowest BCUT2D eigenvalue weighted by atomic mass is 9.88. The van der Waals surface area contributed by atoms with Gasteiger partial charge in [0.1, 0.15) is 0 Å². The number of carbonyl (C=O) groups excluding carboxylic acids is 3. The largest absolute Gasteiger partial charge is 0.463 e. The highest BCUT2D eigenvalue weighted by Gasteiger charge is 2.40. The van der Waals surface area contributed by atoms with Gasteiger partial charge in [-0.3, -0.25) is 14.5 Å². The second-order valence-electron chi connectivity index (χ2n) is 6.40. The summed E-state index contributed by atoms with van der Waals surface area (Å²) < 4.78 is 5.19. The van der Waals surface area contributed by atoms with Crippen molar-refractivity contribution in [3.63, 3.8) is 0 Å². The molecule has 0 radical (unpaired) electrons. The van der Waals surface area contributed by atoms with Crippen LogP contribution in [0.25, 0.3) is 0 Å². The smallest absolute Gasteiger partial charge is 0.336 e. The molecule has 28 heavy (non-hydrogen) atoms. The average Bonchev–Trinajstić information content (AvgIpc) is 2.69. The van der Waals surface area contributed by atoms with Crippen molar-refractivity contribution in [3.8, 4) is 0 Å². The van der Waals surface area contributed by atoms with Crippen molar-refractivity contribution in [3.05, 3.63) is 71.9 Å². The van der Waals surface area contributed by atoms with E-state index in [0.717, 1.165) is 0 Å². The van der Waals surface area contributed by atoms with E-state index in [2.05, 4.69) is 5.32 Å². The van der Waals surface area contributed by atoms with E-state index in [1.54, 1.807) is 50.2 Å². The van der Waals surface area contributed by atoms with E-state index in [0.29, 0.717) is 17.1 Å². The first kappa shape index (κ1) is 19.4. The lowest BCUT2D eigenvalue weighted by Crippen LogP contribution is -2.43. The summed E-state index contributed by atoms with van der Waals surface area (Å²) in [5, 5.41) is 2.78. The molecule has 3 rings (SSSR count). The molecule has 1 N–H and O–H groups in total. The van der Waals surface area contributed by atoms with Crippen molar-refractivity contribution < 1.29 is 19.1 Å². The third kappa shape index (κ3) is 3.96. The van der Waals surface area contributed by atoms with Crippen LogP contribution in [0.1, 0.15) is 20.3 Å². The summed E-state index contributed by atoms with van der Waals surface area (Å²) in [7, 11) is 0. The minimum atomic E-state index is -0.910. The van der Waals surface area contributed by atoms with E-state index in [1.807, 2.05) is 24.3 Å². The van der Waals surface area contributed by atoms with Crippen molar-refractivity contribution in [1.82, 2.24) is 0 Å². The number of anilines is 2. The van der Waals surface area contributed by atoms with Crippen LogP contribution in [0.4, 0.5) is 11.4 Å². The van der Waals surface area contributed by atoms with Crippen LogP contribution in [0.5, 0.6) is 0 Å². The van der Waals surface area contributed by atoms with Crippen LogP contribution in [0, 0.1) is 5.92 Å². The summed E-state index contributed by atoms with van der Waals surface area (Å²) in [4.78, 5) is 39.9. The molecular weight excluding hydrogens is 356 g/mol. The van der Waals surface area contributed by atoms with Crippen LogP contribution in [0.15, 0.2) is 71.9 Å². The highest BCUT2D eigenvalue weighted by molar-refractivity contribution is 6.10. The molecule has 0 unspecified atom stereocenters. The summed E-state index contributed by atoms with van der Waals surface area (Å²) >= 11 is 0. The summed E-state index contributed by atoms with van der Waals surface area (Å²) in [6.07, 6.45) is -0.112. The Morgan fingerprint density at radius 2 is 1.68 bits per heavy atom. The molecule has 1 atom stereocenters. The van der Waals surface area contributed by atoms with Gasteiger partial charge in [-0.25, -0.2) is 4.79 Å². The molecule has 0 saturated carbocycles. The molecule has 1 aliphatic rings. The maximum absolute atomic E-state index is 12.9. The van der Waals surface area contributed by atoms with Crippen LogP contribution in [0.2, 0.25) is 0 Å². The number of hydrogen-bond acceptors (Lipinski definition) is 4. The van der Waals surface area contributed by atoms with Gasteiger partial charge in [0.25, 0.3) is 0 Å². The number of para-hydroxylation sites is 2. The fraction of sp³-hybridized carbons (Fsp3) is 0.227. The molecule has 0 saturated heterocycles. The number of allylic oxidation sites excluding steroid dienone is 1. The van der Waals surface area contributed by atoms with E-state index in [1.165, 1.54) is 4.90 Å². The number of ether oxygens (including phenoxy) is 1. The third-order valence-corrected chi connectivity index (χ3v) is 4.57. The topological polar surface area (TPSA) is 75.7 Å². The molecule has 2 aromatic carbocycles. The Bertz CT molecular complexity index is 907. The van der Waals surface area contributed by atoms with Crippen LogP contribution in [-0.4, -0.2) is 24.4 Å². The van der Waals surface area contributed by atoms with E-state index in [9.17, 15) is 14.4 Å². The molecule has 1 aliphatic heterocycles. The van der Waals surface area contributed by atoms with E-state index in [-0.39, 0.29) is 24.5 Å². The van der Waals surface area contributed by atoms with Gasteiger partial charge in [-0.15, -0.1) is 0 Å². The monoisotopic (exact) mass is 378 g/mol. The maximum Gasteiger partial charge on any atom is 0.336 e. The van der Waals surface area contributed by atoms with Crippen molar-refractivity contribution in [2.24, 2.45) is 5.92 Å². The lowest BCUT2D eigenvalue weighted by Gasteiger charge is -2.33. The predicted octanol–water partition coefficient (Wildman–Crippen LogP) is 3.52. The Morgan fingerprint density at radius 3 is 2.29 bits per heavy atom. The van der Waals surface area contributed by atoms with Crippen molar-refractivity contribution in [2.75, 3.05) is 16.8 Å². The van der Waals surface area contributed by atoms with E-state index in [4.69, 9.17) is 4.74 Å². The van der Waals surface area contributed by atoms with Crippen LogP contribution >= 0.6 is 0 Å². The molecular formula is C22H22N2O4. The minimum absolute atomic E-state index is 0.112. The van der Waals surface area contributed by atoms with Gasteiger partial charge in [0.05, 0.1) is 18.1 Å². The molecule has 0 aliphatic carbocycles. The second-order valence-corrected chi connectivity index (χ2v) is 6.40.